The third kappa shape index (κ3) is 7.04. The molecule has 0 aliphatic heterocycles. The molecule has 0 spiro atoms. The van der Waals surface area contributed by atoms with Crippen LogP contribution in [0, 0.1) is 24.2 Å². The zero-order valence-corrected chi connectivity index (χ0v) is 17.8. The topological polar surface area (TPSA) is 56.8 Å². The van der Waals surface area contributed by atoms with Crippen LogP contribution >= 0.6 is 11.6 Å². The van der Waals surface area contributed by atoms with Crippen molar-refractivity contribution in [1.82, 2.24) is 5.32 Å². The first-order chi connectivity index (χ1) is 14.6. The van der Waals surface area contributed by atoms with Gasteiger partial charge in [0.25, 0.3) is 5.91 Å². The summed E-state index contributed by atoms with van der Waals surface area (Å²) in [4.78, 5) is 12.7. The largest absolute Gasteiger partial charge is 0.493 e. The molecule has 0 aliphatic rings. The molecule has 1 N–H and O–H groups in total. The van der Waals surface area contributed by atoms with Crippen LogP contribution in [0.2, 0.25) is 5.02 Å². The molecule has 0 saturated carbocycles. The van der Waals surface area contributed by atoms with E-state index in [-0.39, 0.29) is 12.5 Å². The van der Waals surface area contributed by atoms with Crippen LogP contribution in [0.15, 0.2) is 42.5 Å². The normalized spacial score (nSPS) is 10.9. The van der Waals surface area contributed by atoms with E-state index in [1.54, 1.807) is 38.3 Å². The number of nitrogens with one attached hydrogen (secondary N) is 1. The van der Waals surface area contributed by atoms with Crippen molar-refractivity contribution in [2.75, 3.05) is 26.9 Å². The molecule has 156 valence electrons. The Morgan fingerprint density at radius 3 is 2.60 bits per heavy atom. The summed E-state index contributed by atoms with van der Waals surface area (Å²) in [5.74, 6) is 8.99. The minimum absolute atomic E-state index is 0.0295. The number of benzene rings is 2. The van der Waals surface area contributed by atoms with Crippen molar-refractivity contribution in [3.63, 3.8) is 0 Å². The van der Waals surface area contributed by atoms with E-state index in [1.807, 2.05) is 18.2 Å². The lowest BCUT2D eigenvalue weighted by molar-refractivity contribution is -0.132. The van der Waals surface area contributed by atoms with Gasteiger partial charge >= 0.3 is 0 Å². The maximum atomic E-state index is 12.7. The Morgan fingerprint density at radius 1 is 1.17 bits per heavy atom. The van der Waals surface area contributed by atoms with Crippen LogP contribution in [0.1, 0.15) is 24.2 Å². The maximum Gasteiger partial charge on any atom is 0.253 e. The van der Waals surface area contributed by atoms with E-state index in [0.717, 1.165) is 5.56 Å². The molecule has 2 aromatic rings. The van der Waals surface area contributed by atoms with Crippen molar-refractivity contribution >= 4 is 17.5 Å². The molecule has 5 nitrogen and oxygen atoms in total. The van der Waals surface area contributed by atoms with Crippen molar-refractivity contribution < 1.29 is 19.0 Å². The van der Waals surface area contributed by atoms with Crippen LogP contribution < -0.4 is 14.8 Å². The molecule has 2 rings (SSSR count). The molecule has 0 aliphatic carbocycles. The lowest BCUT2D eigenvalue weighted by atomic mass is 10.1. The van der Waals surface area contributed by atoms with Gasteiger partial charge < -0.3 is 19.5 Å². The summed E-state index contributed by atoms with van der Waals surface area (Å²) >= 11 is 5.92. The zero-order valence-electron chi connectivity index (χ0n) is 17.0. The summed E-state index contributed by atoms with van der Waals surface area (Å²) in [6.45, 7) is 2.51. The SMILES string of the molecule is C#CCOC(C(=O)NCCc1ccc(OCC#CC)c(OC)c1)c1ccc(Cl)cc1. The van der Waals surface area contributed by atoms with E-state index in [1.165, 1.54) is 0 Å². The molecule has 1 amide bonds. The lowest BCUT2D eigenvalue weighted by Crippen LogP contribution is -2.32. The monoisotopic (exact) mass is 425 g/mol. The first-order valence-corrected chi connectivity index (χ1v) is 9.74. The highest BCUT2D eigenvalue weighted by atomic mass is 35.5. The van der Waals surface area contributed by atoms with Crippen molar-refractivity contribution in [3.05, 3.63) is 58.6 Å². The fraction of sp³-hybridized carbons (Fsp3) is 0.292. The quantitative estimate of drug-likeness (QED) is 0.588. The van der Waals surface area contributed by atoms with Crippen LogP contribution in [-0.2, 0) is 16.0 Å². The van der Waals surface area contributed by atoms with Crippen molar-refractivity contribution in [2.45, 2.75) is 19.4 Å². The first-order valence-electron chi connectivity index (χ1n) is 9.36. The van der Waals surface area contributed by atoms with Crippen LogP contribution in [0.4, 0.5) is 0 Å². The molecule has 0 saturated heterocycles. The maximum absolute atomic E-state index is 12.7. The summed E-state index contributed by atoms with van der Waals surface area (Å²) in [7, 11) is 1.58. The van der Waals surface area contributed by atoms with Gasteiger partial charge in [-0.2, -0.15) is 0 Å². The Bertz CT molecular complexity index is 938. The van der Waals surface area contributed by atoms with Crippen molar-refractivity contribution in [1.29, 1.82) is 0 Å². The fourth-order valence-electron chi connectivity index (χ4n) is 2.69. The third-order valence-corrected chi connectivity index (χ3v) is 4.41. The fourth-order valence-corrected chi connectivity index (χ4v) is 2.81. The second-order valence-corrected chi connectivity index (χ2v) is 6.62. The minimum atomic E-state index is -0.802. The van der Waals surface area contributed by atoms with E-state index < -0.39 is 6.10 Å². The summed E-state index contributed by atoms with van der Waals surface area (Å²) in [6.07, 6.45) is 5.08. The Kier molecular flexibility index (Phi) is 9.61. The van der Waals surface area contributed by atoms with Gasteiger partial charge in [0.2, 0.25) is 0 Å². The molecule has 6 heteroatoms. The summed E-state index contributed by atoms with van der Waals surface area (Å²) in [5, 5.41) is 3.47. The molecule has 0 fully saturated rings. The van der Waals surface area contributed by atoms with E-state index in [0.29, 0.717) is 41.7 Å². The van der Waals surface area contributed by atoms with Crippen LogP contribution in [0.25, 0.3) is 0 Å². The van der Waals surface area contributed by atoms with Gasteiger partial charge in [-0.25, -0.2) is 0 Å². The van der Waals surface area contributed by atoms with E-state index in [9.17, 15) is 4.79 Å². The summed E-state index contributed by atoms with van der Waals surface area (Å²) in [6, 6.07) is 12.5. The van der Waals surface area contributed by atoms with Gasteiger partial charge in [0.1, 0.15) is 13.2 Å². The second-order valence-electron chi connectivity index (χ2n) is 6.19. The number of methoxy groups -OCH3 is 1. The summed E-state index contributed by atoms with van der Waals surface area (Å²) in [5.41, 5.74) is 1.68. The highest BCUT2D eigenvalue weighted by molar-refractivity contribution is 6.30. The smallest absolute Gasteiger partial charge is 0.253 e. The number of rotatable bonds is 10. The second kappa shape index (κ2) is 12.4. The van der Waals surface area contributed by atoms with Gasteiger partial charge in [0, 0.05) is 11.6 Å². The van der Waals surface area contributed by atoms with Crippen LogP contribution in [0.3, 0.4) is 0 Å². The van der Waals surface area contributed by atoms with Crippen molar-refractivity contribution in [3.8, 4) is 35.7 Å². The minimum Gasteiger partial charge on any atom is -0.493 e. The Morgan fingerprint density at radius 2 is 1.93 bits per heavy atom. The van der Waals surface area contributed by atoms with E-state index >= 15 is 0 Å². The highest BCUT2D eigenvalue weighted by Crippen LogP contribution is 2.28. The molecule has 0 heterocycles. The average molecular weight is 426 g/mol. The van der Waals surface area contributed by atoms with Gasteiger partial charge in [-0.1, -0.05) is 41.6 Å². The molecule has 0 radical (unpaired) electrons. The molecular weight excluding hydrogens is 402 g/mol. The molecule has 1 unspecified atom stereocenters. The molecular formula is C24H24ClNO4. The predicted molar refractivity (Wildman–Crippen MR) is 118 cm³/mol. The number of amides is 1. The molecule has 0 aromatic heterocycles. The third-order valence-electron chi connectivity index (χ3n) is 4.16. The van der Waals surface area contributed by atoms with Gasteiger partial charge in [-0.05, 0) is 48.7 Å². The number of hydrogen-bond acceptors (Lipinski definition) is 4. The number of ether oxygens (including phenoxy) is 3. The number of hydrogen-bond donors (Lipinski definition) is 1. The van der Waals surface area contributed by atoms with Gasteiger partial charge in [-0.15, -0.1) is 12.3 Å². The molecule has 30 heavy (non-hydrogen) atoms. The van der Waals surface area contributed by atoms with Gasteiger partial charge in [0.15, 0.2) is 17.6 Å². The van der Waals surface area contributed by atoms with E-state index in [4.69, 9.17) is 32.2 Å². The Labute approximate surface area is 182 Å². The predicted octanol–water partition coefficient (Wildman–Crippen LogP) is 3.80. The molecule has 1 atom stereocenters. The average Bonchev–Trinajstić information content (AvgIpc) is 2.76. The van der Waals surface area contributed by atoms with Crippen LogP contribution in [0.5, 0.6) is 11.5 Å². The Balaban J connectivity index is 1.97. The number of carbonyl (C=O) groups excluding carboxylic acids is 1. The molecule has 0 bridgehead atoms. The van der Waals surface area contributed by atoms with E-state index in [2.05, 4.69) is 23.1 Å². The lowest BCUT2D eigenvalue weighted by Gasteiger charge is -2.17. The highest BCUT2D eigenvalue weighted by Gasteiger charge is 2.21. The first kappa shape index (κ1) is 23.2. The van der Waals surface area contributed by atoms with Gasteiger partial charge in [-0.3, -0.25) is 4.79 Å². The Hall–Kier alpha value is -3.12. The van der Waals surface area contributed by atoms with Crippen molar-refractivity contribution in [2.24, 2.45) is 0 Å². The van der Waals surface area contributed by atoms with Gasteiger partial charge in [0.05, 0.1) is 7.11 Å². The number of halogens is 1. The zero-order chi connectivity index (χ0) is 21.8. The van der Waals surface area contributed by atoms with Crippen LogP contribution in [-0.4, -0.2) is 32.8 Å². The molecule has 2 aromatic carbocycles. The number of terminal acetylenes is 1. The number of carbonyl (C=O) groups is 1. The summed E-state index contributed by atoms with van der Waals surface area (Å²) < 4.78 is 16.5. The standard InChI is InChI=1S/C24H24ClNO4/c1-4-6-16-29-21-12-7-18(17-22(21)28-3)13-14-26-24(27)23(30-15-5-2)19-8-10-20(25)11-9-19/h2,7-12,17,23H,13-16H2,1,3H3,(H,26,27).